The zero-order valence-corrected chi connectivity index (χ0v) is 27.3. The summed E-state index contributed by atoms with van der Waals surface area (Å²) < 4.78 is 43.8. The standard InChI is InChI=1S/C25H22Cl2N2O12P2.2H3N/c1-29(2)6-5-28-23(30)12-3-4-14-13(7-12)24(31)39-25(14)15-8-17(26)21(40-42(32,33)34)10-19(15)38-20-11-22(41-43(35,36)37)18(27)9-16(20)25;;/h3-4,7-11H,5-6H2,1-2H3,(H,28,30)(H2,32,33,34)(H2,35,36,37);2*1H3. The van der Waals surface area contributed by atoms with Gasteiger partial charge in [0.15, 0.2) is 5.60 Å². The van der Waals surface area contributed by atoms with E-state index in [0.29, 0.717) is 13.1 Å². The molecule has 0 saturated heterocycles. The number of fused-ring (bicyclic) bond motifs is 6. The average molecular weight is 709 g/mol. The Hall–Kier alpha value is -3.24. The number of hydrogen-bond donors (Lipinski definition) is 5. The Balaban J connectivity index is 0.00000276. The van der Waals surface area contributed by atoms with Gasteiger partial charge in [-0.05, 0) is 38.4 Å². The number of esters is 1. The third-order valence-electron chi connectivity index (χ3n) is 6.45. The van der Waals surface area contributed by atoms with Crippen LogP contribution in [-0.2, 0) is 19.5 Å². The quantitative estimate of drug-likeness (QED) is 0.166. The lowest BCUT2D eigenvalue weighted by Gasteiger charge is -2.37. The summed E-state index contributed by atoms with van der Waals surface area (Å²) in [5.74, 6) is -2.76. The lowest BCUT2D eigenvalue weighted by molar-refractivity contribution is -0.212. The van der Waals surface area contributed by atoms with Crippen LogP contribution in [0.25, 0.3) is 0 Å². The third-order valence-corrected chi connectivity index (χ3v) is 7.89. The van der Waals surface area contributed by atoms with Gasteiger partial charge in [0.05, 0.1) is 15.6 Å². The number of hydrogen-bond acceptors (Lipinski definition) is 11. The van der Waals surface area contributed by atoms with Crippen molar-refractivity contribution in [2.24, 2.45) is 0 Å². The number of amides is 1. The number of phosphoric ester groups is 2. The molecule has 2 aliphatic heterocycles. The first-order valence-electron chi connectivity index (χ1n) is 12.1. The predicted octanol–water partition coefficient (Wildman–Crippen LogP) is 3.28. The molecule has 244 valence electrons. The van der Waals surface area contributed by atoms with Gasteiger partial charge in [0.1, 0.15) is 23.0 Å². The number of carbonyl (C=O) groups is 2. The zero-order chi connectivity index (χ0) is 31.5. The van der Waals surface area contributed by atoms with Gasteiger partial charge in [0.25, 0.3) is 5.91 Å². The third kappa shape index (κ3) is 7.12. The van der Waals surface area contributed by atoms with Crippen LogP contribution in [0.3, 0.4) is 0 Å². The normalized spacial score (nSPS) is 18.5. The molecule has 45 heavy (non-hydrogen) atoms. The number of ether oxygens (including phenoxy) is 2. The predicted molar refractivity (Wildman–Crippen MR) is 158 cm³/mol. The van der Waals surface area contributed by atoms with Gasteiger partial charge in [-0.25, -0.2) is 4.79 Å². The van der Waals surface area contributed by atoms with Crippen LogP contribution in [0.15, 0.2) is 42.5 Å². The molecule has 3 aromatic rings. The summed E-state index contributed by atoms with van der Waals surface area (Å²) in [7, 11) is -6.97. The van der Waals surface area contributed by atoms with Crippen molar-refractivity contribution in [1.82, 2.24) is 22.5 Å². The molecule has 16 nitrogen and oxygen atoms in total. The summed E-state index contributed by atoms with van der Waals surface area (Å²) in [5.41, 5.74) is -1.40. The van der Waals surface area contributed by atoms with E-state index >= 15 is 0 Å². The smallest absolute Gasteiger partial charge is 0.340 e. The fourth-order valence-corrected chi connectivity index (χ4v) is 6.06. The highest BCUT2D eigenvalue weighted by Gasteiger charge is 2.54. The minimum Gasteiger partial charge on any atom is -0.746 e. The molecule has 1 spiro atoms. The van der Waals surface area contributed by atoms with E-state index < -0.39 is 44.6 Å². The Morgan fingerprint density at radius 2 is 1.44 bits per heavy atom. The Morgan fingerprint density at radius 3 is 1.91 bits per heavy atom. The summed E-state index contributed by atoms with van der Waals surface area (Å²) >= 11 is 12.6. The molecule has 2 heterocycles. The molecule has 1 amide bonds. The number of benzene rings is 3. The van der Waals surface area contributed by atoms with Crippen molar-refractivity contribution in [3.8, 4) is 23.0 Å². The summed E-state index contributed by atoms with van der Waals surface area (Å²) in [6.45, 7) is 0.917. The Kier molecular flexibility index (Phi) is 10.4. The molecule has 2 unspecified atom stereocenters. The first-order chi connectivity index (χ1) is 20.0. The monoisotopic (exact) mass is 708 g/mol. The molecule has 2 aliphatic rings. The van der Waals surface area contributed by atoms with E-state index in [0.717, 1.165) is 12.1 Å². The maximum absolute atomic E-state index is 13.4. The molecular weight excluding hydrogens is 681 g/mol. The summed E-state index contributed by atoms with van der Waals surface area (Å²) in [4.78, 5) is 69.3. The molecule has 0 aliphatic carbocycles. The minimum atomic E-state index is -5.33. The first-order valence-corrected chi connectivity index (χ1v) is 15.9. The molecule has 0 aromatic heterocycles. The van der Waals surface area contributed by atoms with Crippen LogP contribution in [0.4, 0.5) is 0 Å². The maximum Gasteiger partial charge on any atom is 0.340 e. The topological polar surface area (TPSA) is 280 Å². The summed E-state index contributed by atoms with van der Waals surface area (Å²) in [6.07, 6.45) is 0. The van der Waals surface area contributed by atoms with Crippen molar-refractivity contribution in [2.75, 3.05) is 27.2 Å². The van der Waals surface area contributed by atoms with Crippen molar-refractivity contribution >= 4 is 50.7 Å². The number of quaternary nitrogens is 2. The molecule has 5 rings (SSSR count). The van der Waals surface area contributed by atoms with Gasteiger partial charge >= 0.3 is 21.6 Å². The van der Waals surface area contributed by atoms with Crippen molar-refractivity contribution < 1.29 is 56.8 Å². The van der Waals surface area contributed by atoms with Gasteiger partial charge in [-0.2, -0.15) is 0 Å². The maximum atomic E-state index is 13.4. The number of carbonyl (C=O) groups excluding carboxylic acids is 2. The molecule has 0 saturated carbocycles. The van der Waals surface area contributed by atoms with E-state index in [9.17, 15) is 38.3 Å². The molecule has 0 radical (unpaired) electrons. The van der Waals surface area contributed by atoms with Gasteiger partial charge < -0.3 is 60.6 Å². The highest BCUT2D eigenvalue weighted by Crippen LogP contribution is 2.59. The van der Waals surface area contributed by atoms with Gasteiger partial charge in [-0.3, -0.25) is 13.9 Å². The summed E-state index contributed by atoms with van der Waals surface area (Å²) in [5, 5.41) is 2.10. The second kappa shape index (κ2) is 12.9. The van der Waals surface area contributed by atoms with E-state index in [4.69, 9.17) is 32.7 Å². The van der Waals surface area contributed by atoms with Gasteiger partial charge in [0, 0.05) is 47.5 Å². The number of phosphoric acid groups is 2. The number of nitrogens with zero attached hydrogens (tertiary/aromatic N) is 1. The molecule has 3 aromatic carbocycles. The van der Waals surface area contributed by atoms with E-state index in [-0.39, 0.29) is 61.7 Å². The number of likely N-dealkylation sites (N-methyl/N-ethyl adjacent to an activating group) is 1. The van der Waals surface area contributed by atoms with Gasteiger partial charge in [0.2, 0.25) is 0 Å². The van der Waals surface area contributed by atoms with Crippen LogP contribution in [0.1, 0.15) is 37.4 Å². The van der Waals surface area contributed by atoms with E-state index in [2.05, 4.69) is 14.4 Å². The average Bonchev–Trinajstić information content (AvgIpc) is 3.17. The highest BCUT2D eigenvalue weighted by atomic mass is 35.5. The number of halogens is 2. The highest BCUT2D eigenvalue weighted by molar-refractivity contribution is 7.45. The lowest BCUT2D eigenvalue weighted by atomic mass is 9.77. The van der Waals surface area contributed by atoms with Crippen molar-refractivity contribution in [1.29, 1.82) is 0 Å². The Morgan fingerprint density at radius 1 is 0.933 bits per heavy atom. The largest absolute Gasteiger partial charge is 0.746 e. The van der Waals surface area contributed by atoms with Gasteiger partial charge in [-0.1, -0.05) is 29.3 Å². The summed E-state index contributed by atoms with van der Waals surface area (Å²) in [6, 6.07) is 8.64. The molecule has 20 heteroatoms. The Bertz CT molecular complexity index is 1700. The fourth-order valence-electron chi connectivity index (χ4n) is 4.75. The van der Waals surface area contributed by atoms with Crippen LogP contribution < -0.4 is 41.2 Å². The number of nitrogens with one attached hydrogen (secondary N) is 1. The Labute approximate surface area is 265 Å². The fraction of sp³-hybridized carbons (Fsp3) is 0.200. The number of rotatable bonds is 8. The first kappa shape index (κ1) is 36.2. The second-order valence-electron chi connectivity index (χ2n) is 9.67. The molecular formula is C25H28Cl2N4O12P2. The SMILES string of the molecule is CN(C)CCNC(=O)c1ccc2c(c1)C(=O)OC21c2cc(Cl)c(OP(=O)([O-])O)cc2Oc2cc(OP(=O)([O-])O)c(Cl)cc21.[NH4+].[NH4+]. The van der Waals surface area contributed by atoms with Crippen molar-refractivity contribution in [3.05, 3.63) is 80.3 Å². The second-order valence-corrected chi connectivity index (χ2v) is 12.7. The van der Waals surface area contributed by atoms with Crippen LogP contribution in [0, 0.1) is 0 Å². The van der Waals surface area contributed by atoms with Crippen LogP contribution in [-0.4, -0.2) is 53.7 Å². The molecule has 2 atom stereocenters. The zero-order valence-electron chi connectivity index (χ0n) is 24.0. The van der Waals surface area contributed by atoms with Crippen molar-refractivity contribution in [3.63, 3.8) is 0 Å². The van der Waals surface area contributed by atoms with Gasteiger partial charge in [-0.15, -0.1) is 0 Å². The molecule has 0 fully saturated rings. The lowest BCUT2D eigenvalue weighted by Crippen LogP contribution is -2.33. The molecule has 0 bridgehead atoms. The van der Waals surface area contributed by atoms with Crippen LogP contribution in [0.2, 0.25) is 10.0 Å². The van der Waals surface area contributed by atoms with Crippen LogP contribution >= 0.6 is 38.8 Å². The molecule has 11 N–H and O–H groups in total. The van der Waals surface area contributed by atoms with E-state index in [1.54, 1.807) is 0 Å². The van der Waals surface area contributed by atoms with E-state index in [1.165, 1.54) is 30.3 Å². The minimum absolute atomic E-state index is 0. The van der Waals surface area contributed by atoms with Crippen LogP contribution in [0.5, 0.6) is 23.0 Å². The van der Waals surface area contributed by atoms with Crippen molar-refractivity contribution in [2.45, 2.75) is 5.60 Å². The van der Waals surface area contributed by atoms with E-state index in [1.807, 2.05) is 19.0 Å².